The van der Waals surface area contributed by atoms with Crippen LogP contribution in [-0.2, 0) is 6.18 Å². The van der Waals surface area contributed by atoms with Crippen LogP contribution >= 0.6 is 0 Å². The topological polar surface area (TPSA) is 78.0 Å². The third-order valence-electron chi connectivity index (χ3n) is 3.42. The normalized spacial score (nSPS) is 11.6. The van der Waals surface area contributed by atoms with Crippen molar-refractivity contribution in [2.24, 2.45) is 0 Å². The molecular formula is C15H8F3N3O3. The monoisotopic (exact) mass is 335 g/mol. The third-order valence-corrected chi connectivity index (χ3v) is 3.42. The van der Waals surface area contributed by atoms with Gasteiger partial charge in [0.25, 0.3) is 11.2 Å². The Labute approximate surface area is 131 Å². The molecule has 0 bridgehead atoms. The summed E-state index contributed by atoms with van der Waals surface area (Å²) >= 11 is 0. The number of rotatable bonds is 2. The molecule has 0 saturated carbocycles. The summed E-state index contributed by atoms with van der Waals surface area (Å²) < 4.78 is 38.6. The second kappa shape index (κ2) is 5.44. The Kier molecular flexibility index (Phi) is 3.55. The molecule has 0 N–H and O–H groups in total. The Hall–Kier alpha value is -3.23. The van der Waals surface area contributed by atoms with E-state index in [2.05, 4.69) is 5.10 Å². The number of nitro groups is 1. The van der Waals surface area contributed by atoms with Crippen LogP contribution < -0.4 is 5.56 Å². The first-order valence-corrected chi connectivity index (χ1v) is 6.61. The molecule has 24 heavy (non-hydrogen) atoms. The first kappa shape index (κ1) is 15.7. The molecule has 122 valence electrons. The molecule has 0 amide bonds. The zero-order chi connectivity index (χ0) is 17.5. The van der Waals surface area contributed by atoms with Gasteiger partial charge < -0.3 is 0 Å². The average molecular weight is 335 g/mol. The van der Waals surface area contributed by atoms with Gasteiger partial charge in [-0.05, 0) is 30.3 Å². The fraction of sp³-hybridized carbons (Fsp3) is 0.0667. The third kappa shape index (κ3) is 2.71. The van der Waals surface area contributed by atoms with Crippen molar-refractivity contribution in [1.82, 2.24) is 9.78 Å². The second-order valence-corrected chi connectivity index (χ2v) is 4.93. The van der Waals surface area contributed by atoms with E-state index in [1.165, 1.54) is 18.3 Å². The molecule has 3 rings (SSSR count). The van der Waals surface area contributed by atoms with Crippen LogP contribution in [0.1, 0.15) is 5.56 Å². The fourth-order valence-corrected chi connectivity index (χ4v) is 2.22. The number of benzene rings is 2. The van der Waals surface area contributed by atoms with Crippen LogP contribution in [0.25, 0.3) is 16.5 Å². The zero-order valence-electron chi connectivity index (χ0n) is 11.8. The summed E-state index contributed by atoms with van der Waals surface area (Å²) in [4.78, 5) is 22.6. The number of nitro benzene ring substituents is 1. The maximum atomic E-state index is 12.6. The van der Waals surface area contributed by atoms with Crippen LogP contribution in [0.5, 0.6) is 0 Å². The predicted octanol–water partition coefficient (Wildman–Crippen LogP) is 3.31. The van der Waals surface area contributed by atoms with Gasteiger partial charge in [0.2, 0.25) is 0 Å². The Balaban J connectivity index is 2.15. The van der Waals surface area contributed by atoms with Gasteiger partial charge >= 0.3 is 6.18 Å². The smallest absolute Gasteiger partial charge is 0.267 e. The second-order valence-electron chi connectivity index (χ2n) is 4.93. The molecule has 0 aliphatic heterocycles. The van der Waals surface area contributed by atoms with Gasteiger partial charge in [-0.15, -0.1) is 0 Å². The van der Waals surface area contributed by atoms with Gasteiger partial charge in [-0.3, -0.25) is 14.9 Å². The highest BCUT2D eigenvalue weighted by molar-refractivity contribution is 5.83. The molecule has 0 fully saturated rings. The van der Waals surface area contributed by atoms with Gasteiger partial charge in [0, 0.05) is 17.5 Å². The largest absolute Gasteiger partial charge is 0.416 e. The number of aromatic nitrogens is 2. The standard InChI is InChI=1S/C15H8F3N3O3/c16-15(17,18)10-2-5-11(6-3-10)20-14(22)13-7-12(21(23)24)4-1-9(13)8-19-20/h1-8H. The molecule has 0 unspecified atom stereocenters. The fourth-order valence-electron chi connectivity index (χ4n) is 2.22. The number of hydrogen-bond donors (Lipinski definition) is 0. The van der Waals surface area contributed by atoms with Gasteiger partial charge in [-0.25, -0.2) is 0 Å². The summed E-state index contributed by atoms with van der Waals surface area (Å²) in [5.41, 5.74) is -1.64. The summed E-state index contributed by atoms with van der Waals surface area (Å²) in [6.07, 6.45) is -3.17. The van der Waals surface area contributed by atoms with Crippen molar-refractivity contribution >= 4 is 16.5 Å². The quantitative estimate of drug-likeness (QED) is 0.532. The van der Waals surface area contributed by atoms with Gasteiger partial charge in [0.05, 0.1) is 27.8 Å². The van der Waals surface area contributed by atoms with Crippen molar-refractivity contribution in [3.63, 3.8) is 0 Å². The van der Waals surface area contributed by atoms with E-state index < -0.39 is 22.2 Å². The lowest BCUT2D eigenvalue weighted by molar-refractivity contribution is -0.384. The van der Waals surface area contributed by atoms with E-state index in [4.69, 9.17) is 0 Å². The first-order chi connectivity index (χ1) is 11.3. The molecule has 3 aromatic rings. The lowest BCUT2D eigenvalue weighted by atomic mass is 10.1. The van der Waals surface area contributed by atoms with Crippen LogP contribution in [-0.4, -0.2) is 14.7 Å². The summed E-state index contributed by atoms with van der Waals surface area (Å²) in [5, 5.41) is 15.2. The van der Waals surface area contributed by atoms with Gasteiger partial charge in [0.1, 0.15) is 0 Å². The van der Waals surface area contributed by atoms with Crippen molar-refractivity contribution in [3.8, 4) is 5.69 Å². The maximum absolute atomic E-state index is 12.6. The van der Waals surface area contributed by atoms with Gasteiger partial charge in [-0.1, -0.05) is 0 Å². The molecule has 1 aromatic heterocycles. The Morgan fingerprint density at radius 3 is 2.33 bits per heavy atom. The molecular weight excluding hydrogens is 327 g/mol. The SMILES string of the molecule is O=c1c2cc([N+](=O)[O-])ccc2cnn1-c1ccc(C(F)(F)F)cc1. The average Bonchev–Trinajstić information content (AvgIpc) is 2.54. The van der Waals surface area contributed by atoms with E-state index in [1.54, 1.807) is 0 Å². The van der Waals surface area contributed by atoms with Crippen LogP contribution in [0.15, 0.2) is 53.5 Å². The van der Waals surface area contributed by atoms with Crippen LogP contribution in [0.2, 0.25) is 0 Å². The zero-order valence-corrected chi connectivity index (χ0v) is 11.8. The number of hydrogen-bond acceptors (Lipinski definition) is 4. The lowest BCUT2D eigenvalue weighted by Gasteiger charge is -2.09. The van der Waals surface area contributed by atoms with Crippen molar-refractivity contribution in [1.29, 1.82) is 0 Å². The number of nitrogens with zero attached hydrogens (tertiary/aromatic N) is 3. The van der Waals surface area contributed by atoms with Gasteiger partial charge in [0.15, 0.2) is 0 Å². The van der Waals surface area contributed by atoms with Crippen molar-refractivity contribution < 1.29 is 18.1 Å². The van der Waals surface area contributed by atoms with E-state index in [0.29, 0.717) is 5.39 Å². The maximum Gasteiger partial charge on any atom is 0.416 e. The predicted molar refractivity (Wildman–Crippen MR) is 79.0 cm³/mol. The van der Waals surface area contributed by atoms with E-state index in [1.807, 2.05) is 0 Å². The molecule has 9 heteroatoms. The molecule has 0 radical (unpaired) electrons. The van der Waals surface area contributed by atoms with Crippen molar-refractivity contribution in [2.75, 3.05) is 0 Å². The summed E-state index contributed by atoms with van der Waals surface area (Å²) in [6, 6.07) is 7.63. The lowest BCUT2D eigenvalue weighted by Crippen LogP contribution is -2.21. The summed E-state index contributed by atoms with van der Waals surface area (Å²) in [6.45, 7) is 0. The minimum Gasteiger partial charge on any atom is -0.267 e. The van der Waals surface area contributed by atoms with Gasteiger partial charge in [-0.2, -0.15) is 23.0 Å². The van der Waals surface area contributed by atoms with E-state index >= 15 is 0 Å². The molecule has 0 saturated heterocycles. The number of alkyl halides is 3. The molecule has 0 atom stereocenters. The minimum atomic E-state index is -4.49. The molecule has 0 spiro atoms. The van der Waals surface area contributed by atoms with Crippen molar-refractivity contribution in [2.45, 2.75) is 6.18 Å². The minimum absolute atomic E-state index is 0.0547. The van der Waals surface area contributed by atoms with E-state index in [-0.39, 0.29) is 16.8 Å². The van der Waals surface area contributed by atoms with Crippen molar-refractivity contribution in [3.05, 3.63) is 74.7 Å². The molecule has 1 heterocycles. The van der Waals surface area contributed by atoms with Crippen LogP contribution in [0.3, 0.4) is 0 Å². The summed E-state index contributed by atoms with van der Waals surface area (Å²) in [7, 11) is 0. The Morgan fingerprint density at radius 2 is 1.75 bits per heavy atom. The Bertz CT molecular complexity index is 995. The Morgan fingerprint density at radius 1 is 1.08 bits per heavy atom. The van der Waals surface area contributed by atoms with Crippen LogP contribution in [0, 0.1) is 10.1 Å². The highest BCUT2D eigenvalue weighted by atomic mass is 19.4. The molecule has 0 aliphatic rings. The molecule has 0 aliphatic carbocycles. The van der Waals surface area contributed by atoms with E-state index in [0.717, 1.165) is 35.0 Å². The van der Waals surface area contributed by atoms with E-state index in [9.17, 15) is 28.1 Å². The van der Waals surface area contributed by atoms with Crippen LogP contribution in [0.4, 0.5) is 18.9 Å². The number of halogens is 3. The highest BCUT2D eigenvalue weighted by Crippen LogP contribution is 2.29. The molecule has 6 nitrogen and oxygen atoms in total. The first-order valence-electron chi connectivity index (χ1n) is 6.61. The highest BCUT2D eigenvalue weighted by Gasteiger charge is 2.30. The number of non-ortho nitro benzene ring substituents is 1. The molecule has 2 aromatic carbocycles. The summed E-state index contributed by atoms with van der Waals surface area (Å²) in [5.74, 6) is 0. The number of fused-ring (bicyclic) bond motifs is 1.